The molecule has 122 valence electrons. The molecule has 0 saturated carbocycles. The van der Waals surface area contributed by atoms with E-state index in [9.17, 15) is 13.6 Å². The van der Waals surface area contributed by atoms with Crippen molar-refractivity contribution in [3.63, 3.8) is 0 Å². The van der Waals surface area contributed by atoms with Crippen molar-refractivity contribution in [2.45, 2.75) is 25.8 Å². The molecule has 0 bridgehead atoms. The van der Waals surface area contributed by atoms with E-state index in [1.807, 2.05) is 24.3 Å². The van der Waals surface area contributed by atoms with E-state index in [1.54, 1.807) is 14.0 Å². The molecule has 23 heavy (non-hydrogen) atoms. The van der Waals surface area contributed by atoms with Crippen LogP contribution < -0.4 is 10.1 Å². The van der Waals surface area contributed by atoms with Crippen LogP contribution in [0.5, 0.6) is 5.75 Å². The number of carbonyl (C=O) groups is 1. The first-order chi connectivity index (χ1) is 11.0. The molecule has 0 fully saturated rings. The minimum absolute atomic E-state index is 0.148. The number of carbonyl (C=O) groups excluding carboxylic acids is 1. The molecule has 1 unspecified atom stereocenters. The van der Waals surface area contributed by atoms with Crippen molar-refractivity contribution in [1.29, 1.82) is 0 Å². The quantitative estimate of drug-likeness (QED) is 0.880. The molecule has 0 saturated heterocycles. The van der Waals surface area contributed by atoms with Gasteiger partial charge in [-0.25, -0.2) is 8.78 Å². The van der Waals surface area contributed by atoms with E-state index in [0.29, 0.717) is 18.4 Å². The van der Waals surface area contributed by atoms with Gasteiger partial charge >= 0.3 is 0 Å². The zero-order valence-electron chi connectivity index (χ0n) is 13.1. The normalized spacial score (nSPS) is 11.8. The van der Waals surface area contributed by atoms with E-state index in [-0.39, 0.29) is 11.9 Å². The summed E-state index contributed by atoms with van der Waals surface area (Å²) in [5, 5.41) is 2.78. The summed E-state index contributed by atoms with van der Waals surface area (Å²) in [6.07, 6.45) is 0.884. The van der Waals surface area contributed by atoms with Crippen molar-refractivity contribution in [2.75, 3.05) is 7.11 Å². The van der Waals surface area contributed by atoms with Gasteiger partial charge in [0.15, 0.2) is 11.6 Å². The number of nitrogens with one attached hydrogen (secondary N) is 1. The Morgan fingerprint density at radius 1 is 1.17 bits per heavy atom. The van der Waals surface area contributed by atoms with Gasteiger partial charge in [0.2, 0.25) is 5.91 Å². The lowest BCUT2D eigenvalue weighted by atomic mass is 10.1. The number of hydrogen-bond donors (Lipinski definition) is 1. The second kappa shape index (κ2) is 7.72. The molecule has 5 heteroatoms. The Morgan fingerprint density at radius 2 is 1.96 bits per heavy atom. The minimum Gasteiger partial charge on any atom is -0.497 e. The summed E-state index contributed by atoms with van der Waals surface area (Å²) in [5.74, 6) is -1.21. The molecular weight excluding hydrogens is 300 g/mol. The highest BCUT2D eigenvalue weighted by atomic mass is 19.2. The number of benzene rings is 2. The van der Waals surface area contributed by atoms with Crippen LogP contribution in [0.4, 0.5) is 8.78 Å². The maximum Gasteiger partial charge on any atom is 0.220 e. The van der Waals surface area contributed by atoms with Crippen LogP contribution in [0, 0.1) is 11.6 Å². The lowest BCUT2D eigenvalue weighted by Crippen LogP contribution is -2.26. The monoisotopic (exact) mass is 319 g/mol. The molecule has 1 amide bonds. The summed E-state index contributed by atoms with van der Waals surface area (Å²) >= 11 is 0. The SMILES string of the molecule is COc1cccc(CCC(=O)NC(C)c2ccc(F)c(F)c2)c1. The maximum absolute atomic E-state index is 13.2. The third-order valence-corrected chi connectivity index (χ3v) is 3.60. The molecule has 3 nitrogen and oxygen atoms in total. The number of hydrogen-bond acceptors (Lipinski definition) is 2. The van der Waals surface area contributed by atoms with Gasteiger partial charge in [0.1, 0.15) is 5.75 Å². The number of aryl methyl sites for hydroxylation is 1. The standard InChI is InChI=1S/C18H19F2NO2/c1-12(14-7-8-16(19)17(20)11-14)21-18(22)9-6-13-4-3-5-15(10-13)23-2/h3-5,7-8,10-12H,6,9H2,1-2H3,(H,21,22). The average Bonchev–Trinajstić information content (AvgIpc) is 2.55. The van der Waals surface area contributed by atoms with Gasteiger partial charge in [-0.2, -0.15) is 0 Å². The van der Waals surface area contributed by atoms with Gasteiger partial charge in [0.25, 0.3) is 0 Å². The fourth-order valence-corrected chi connectivity index (χ4v) is 2.26. The molecule has 1 atom stereocenters. The molecular formula is C18H19F2NO2. The number of rotatable bonds is 6. The molecule has 0 aliphatic heterocycles. The fraction of sp³-hybridized carbons (Fsp3) is 0.278. The smallest absolute Gasteiger partial charge is 0.220 e. The van der Waals surface area contributed by atoms with E-state index in [4.69, 9.17) is 4.74 Å². The van der Waals surface area contributed by atoms with Crippen molar-refractivity contribution in [3.05, 3.63) is 65.2 Å². The van der Waals surface area contributed by atoms with Crippen molar-refractivity contribution in [2.24, 2.45) is 0 Å². The predicted octanol–water partition coefficient (Wildman–Crippen LogP) is 3.78. The van der Waals surface area contributed by atoms with E-state index in [0.717, 1.165) is 23.4 Å². The summed E-state index contributed by atoms with van der Waals surface area (Å²) < 4.78 is 31.3. The Hall–Kier alpha value is -2.43. The van der Waals surface area contributed by atoms with Gasteiger partial charge in [-0.3, -0.25) is 4.79 Å². The second-order valence-corrected chi connectivity index (χ2v) is 5.31. The van der Waals surface area contributed by atoms with Crippen LogP contribution in [0.3, 0.4) is 0 Å². The highest BCUT2D eigenvalue weighted by Gasteiger charge is 2.12. The first-order valence-electron chi connectivity index (χ1n) is 7.37. The molecule has 0 heterocycles. The second-order valence-electron chi connectivity index (χ2n) is 5.31. The van der Waals surface area contributed by atoms with Crippen molar-refractivity contribution < 1.29 is 18.3 Å². The van der Waals surface area contributed by atoms with Gasteiger partial charge in [-0.05, 0) is 48.7 Å². The summed E-state index contributed by atoms with van der Waals surface area (Å²) in [5.41, 5.74) is 1.53. The molecule has 0 radical (unpaired) electrons. The summed E-state index contributed by atoms with van der Waals surface area (Å²) in [6, 6.07) is 10.8. The van der Waals surface area contributed by atoms with Crippen LogP contribution in [0.15, 0.2) is 42.5 Å². The fourth-order valence-electron chi connectivity index (χ4n) is 2.26. The van der Waals surface area contributed by atoms with E-state index >= 15 is 0 Å². The number of amides is 1. The summed E-state index contributed by atoms with van der Waals surface area (Å²) in [7, 11) is 1.59. The summed E-state index contributed by atoms with van der Waals surface area (Å²) in [4.78, 5) is 12.0. The number of ether oxygens (including phenoxy) is 1. The largest absolute Gasteiger partial charge is 0.497 e. The van der Waals surface area contributed by atoms with Gasteiger partial charge in [-0.1, -0.05) is 18.2 Å². The van der Waals surface area contributed by atoms with Gasteiger partial charge in [-0.15, -0.1) is 0 Å². The van der Waals surface area contributed by atoms with E-state index in [1.165, 1.54) is 6.07 Å². The van der Waals surface area contributed by atoms with E-state index in [2.05, 4.69) is 5.32 Å². The first kappa shape index (κ1) is 16.9. The van der Waals surface area contributed by atoms with Crippen LogP contribution >= 0.6 is 0 Å². The highest BCUT2D eigenvalue weighted by molar-refractivity contribution is 5.76. The molecule has 0 spiro atoms. The van der Waals surface area contributed by atoms with Crippen molar-refractivity contribution in [3.8, 4) is 5.75 Å². The maximum atomic E-state index is 13.2. The number of halogens is 2. The summed E-state index contributed by atoms with van der Waals surface area (Å²) in [6.45, 7) is 1.73. The Bertz CT molecular complexity index is 688. The lowest BCUT2D eigenvalue weighted by Gasteiger charge is -2.14. The van der Waals surface area contributed by atoms with Crippen molar-refractivity contribution >= 4 is 5.91 Å². The molecule has 0 aliphatic carbocycles. The molecule has 0 aliphatic rings. The third kappa shape index (κ3) is 4.77. The van der Waals surface area contributed by atoms with Crippen LogP contribution in [-0.2, 0) is 11.2 Å². The minimum atomic E-state index is -0.917. The average molecular weight is 319 g/mol. The molecule has 2 rings (SSSR count). The van der Waals surface area contributed by atoms with E-state index < -0.39 is 11.6 Å². The first-order valence-corrected chi connectivity index (χ1v) is 7.37. The van der Waals surface area contributed by atoms with Crippen LogP contribution in [-0.4, -0.2) is 13.0 Å². The molecule has 0 aromatic heterocycles. The zero-order chi connectivity index (χ0) is 16.8. The van der Waals surface area contributed by atoms with Gasteiger partial charge in [0, 0.05) is 6.42 Å². The van der Waals surface area contributed by atoms with Gasteiger partial charge in [0.05, 0.1) is 13.2 Å². The Labute approximate surface area is 134 Å². The lowest BCUT2D eigenvalue weighted by molar-refractivity contribution is -0.121. The topological polar surface area (TPSA) is 38.3 Å². The Balaban J connectivity index is 1.89. The van der Waals surface area contributed by atoms with Crippen molar-refractivity contribution in [1.82, 2.24) is 5.32 Å². The highest BCUT2D eigenvalue weighted by Crippen LogP contribution is 2.17. The Kier molecular flexibility index (Phi) is 5.68. The van der Waals surface area contributed by atoms with Crippen LogP contribution in [0.25, 0.3) is 0 Å². The van der Waals surface area contributed by atoms with Crippen LogP contribution in [0.2, 0.25) is 0 Å². The van der Waals surface area contributed by atoms with Gasteiger partial charge < -0.3 is 10.1 Å². The zero-order valence-corrected chi connectivity index (χ0v) is 13.1. The number of methoxy groups -OCH3 is 1. The predicted molar refractivity (Wildman–Crippen MR) is 84.2 cm³/mol. The molecule has 1 N–H and O–H groups in total. The molecule has 2 aromatic carbocycles. The molecule has 2 aromatic rings. The third-order valence-electron chi connectivity index (χ3n) is 3.60. The van der Waals surface area contributed by atoms with Crippen LogP contribution in [0.1, 0.15) is 30.5 Å². The Morgan fingerprint density at radius 3 is 2.65 bits per heavy atom.